The SMILES string of the molecule is CCOC(=O)c1oc2ccccc2c1COC(=O)c1ccccc1C(=O)N(C)Cc1ccccc1. The average molecular weight is 472 g/mol. The number of rotatable bonds is 8. The third-order valence-corrected chi connectivity index (χ3v) is 5.49. The van der Waals surface area contributed by atoms with Gasteiger partial charge in [-0.3, -0.25) is 4.79 Å². The Morgan fingerprint density at radius 2 is 1.46 bits per heavy atom. The van der Waals surface area contributed by atoms with E-state index in [0.717, 1.165) is 5.56 Å². The number of nitrogens with zero attached hydrogens (tertiary/aromatic N) is 1. The first-order valence-electron chi connectivity index (χ1n) is 11.2. The van der Waals surface area contributed by atoms with Crippen LogP contribution in [-0.2, 0) is 22.6 Å². The van der Waals surface area contributed by atoms with Crippen molar-refractivity contribution in [3.8, 4) is 0 Å². The van der Waals surface area contributed by atoms with Crippen molar-refractivity contribution in [3.63, 3.8) is 0 Å². The Hall–Kier alpha value is -4.39. The molecule has 0 spiro atoms. The molecule has 0 aliphatic heterocycles. The van der Waals surface area contributed by atoms with E-state index in [2.05, 4.69) is 0 Å². The lowest BCUT2D eigenvalue weighted by Crippen LogP contribution is -2.28. The number of furan rings is 1. The first-order valence-corrected chi connectivity index (χ1v) is 11.2. The van der Waals surface area contributed by atoms with E-state index in [4.69, 9.17) is 13.9 Å². The van der Waals surface area contributed by atoms with Crippen LogP contribution in [0, 0.1) is 0 Å². The Morgan fingerprint density at radius 1 is 0.800 bits per heavy atom. The lowest BCUT2D eigenvalue weighted by atomic mass is 10.1. The fraction of sp³-hybridized carbons (Fsp3) is 0.179. The smallest absolute Gasteiger partial charge is 0.374 e. The third kappa shape index (κ3) is 5.24. The first-order chi connectivity index (χ1) is 17.0. The molecule has 4 aromatic rings. The molecule has 4 rings (SSSR count). The molecular weight excluding hydrogens is 446 g/mol. The lowest BCUT2D eigenvalue weighted by molar-refractivity contribution is 0.0433. The molecular formula is C28H25NO6. The molecule has 3 aromatic carbocycles. The highest BCUT2D eigenvalue weighted by atomic mass is 16.5. The van der Waals surface area contributed by atoms with E-state index in [1.807, 2.05) is 30.3 Å². The van der Waals surface area contributed by atoms with Gasteiger partial charge in [-0.15, -0.1) is 0 Å². The second-order valence-electron chi connectivity index (χ2n) is 7.89. The summed E-state index contributed by atoms with van der Waals surface area (Å²) in [4.78, 5) is 40.1. The number of fused-ring (bicyclic) bond motifs is 1. The zero-order valence-electron chi connectivity index (χ0n) is 19.5. The minimum Gasteiger partial charge on any atom is -0.460 e. The van der Waals surface area contributed by atoms with Crippen molar-refractivity contribution in [2.75, 3.05) is 13.7 Å². The summed E-state index contributed by atoms with van der Waals surface area (Å²) in [6, 6.07) is 23.2. The Balaban J connectivity index is 1.55. The topological polar surface area (TPSA) is 86.0 Å². The lowest BCUT2D eigenvalue weighted by Gasteiger charge is -2.19. The van der Waals surface area contributed by atoms with Gasteiger partial charge in [-0.1, -0.05) is 60.7 Å². The summed E-state index contributed by atoms with van der Waals surface area (Å²) < 4.78 is 16.3. The quantitative estimate of drug-likeness (QED) is 0.327. The predicted molar refractivity (Wildman–Crippen MR) is 130 cm³/mol. The normalized spacial score (nSPS) is 10.7. The highest BCUT2D eigenvalue weighted by molar-refractivity contribution is 6.05. The van der Waals surface area contributed by atoms with Gasteiger partial charge < -0.3 is 18.8 Å². The number of hydrogen-bond acceptors (Lipinski definition) is 6. The zero-order valence-corrected chi connectivity index (χ0v) is 19.5. The van der Waals surface area contributed by atoms with Crippen LogP contribution in [0.4, 0.5) is 0 Å². The number of carbonyl (C=O) groups excluding carboxylic acids is 3. The monoisotopic (exact) mass is 471 g/mol. The van der Waals surface area contributed by atoms with E-state index in [1.165, 1.54) is 0 Å². The zero-order chi connectivity index (χ0) is 24.8. The van der Waals surface area contributed by atoms with Gasteiger partial charge >= 0.3 is 11.9 Å². The van der Waals surface area contributed by atoms with Crippen LogP contribution in [0.1, 0.15) is 49.3 Å². The molecule has 1 aromatic heterocycles. The van der Waals surface area contributed by atoms with Crippen LogP contribution in [0.5, 0.6) is 0 Å². The number of carbonyl (C=O) groups is 3. The van der Waals surface area contributed by atoms with Gasteiger partial charge in [0.25, 0.3) is 5.91 Å². The highest BCUT2D eigenvalue weighted by Gasteiger charge is 2.25. The Labute approximate surface area is 202 Å². The highest BCUT2D eigenvalue weighted by Crippen LogP contribution is 2.28. The van der Waals surface area contributed by atoms with Crippen molar-refractivity contribution in [3.05, 3.63) is 107 Å². The van der Waals surface area contributed by atoms with Gasteiger partial charge in [-0.2, -0.15) is 0 Å². The molecule has 0 radical (unpaired) electrons. The molecule has 0 N–H and O–H groups in total. The number of benzene rings is 3. The summed E-state index contributed by atoms with van der Waals surface area (Å²) >= 11 is 0. The molecule has 0 saturated heterocycles. The molecule has 0 aliphatic carbocycles. The number of amides is 1. The third-order valence-electron chi connectivity index (χ3n) is 5.49. The maximum Gasteiger partial charge on any atom is 0.374 e. The van der Waals surface area contributed by atoms with E-state index < -0.39 is 11.9 Å². The van der Waals surface area contributed by atoms with Gasteiger partial charge in [-0.25, -0.2) is 9.59 Å². The molecule has 1 heterocycles. The van der Waals surface area contributed by atoms with Crippen molar-refractivity contribution in [1.29, 1.82) is 0 Å². The van der Waals surface area contributed by atoms with E-state index in [9.17, 15) is 14.4 Å². The summed E-state index contributed by atoms with van der Waals surface area (Å²) in [6.07, 6.45) is 0. The molecule has 0 bridgehead atoms. The van der Waals surface area contributed by atoms with Crippen LogP contribution in [0.25, 0.3) is 11.0 Å². The molecule has 0 aliphatic rings. The molecule has 7 nitrogen and oxygen atoms in total. The van der Waals surface area contributed by atoms with Crippen LogP contribution < -0.4 is 0 Å². The minimum absolute atomic E-state index is 0.00666. The number of para-hydroxylation sites is 1. The summed E-state index contributed by atoms with van der Waals surface area (Å²) in [5.74, 6) is -1.62. The van der Waals surface area contributed by atoms with E-state index in [-0.39, 0.29) is 36.0 Å². The van der Waals surface area contributed by atoms with Crippen molar-refractivity contribution in [2.24, 2.45) is 0 Å². The van der Waals surface area contributed by atoms with Gasteiger partial charge in [0.1, 0.15) is 12.2 Å². The van der Waals surface area contributed by atoms with Gasteiger partial charge in [-0.05, 0) is 30.7 Å². The number of ether oxygens (including phenoxy) is 2. The Bertz CT molecular complexity index is 1360. The van der Waals surface area contributed by atoms with Crippen molar-refractivity contribution >= 4 is 28.8 Å². The standard InChI is InChI=1S/C28H25NO6/c1-3-33-28(32)25-23(20-13-9-10-16-24(20)35-25)18-34-27(31)22-15-8-7-14-21(22)26(30)29(2)17-19-11-5-4-6-12-19/h4-16H,3,17-18H2,1-2H3. The van der Waals surface area contributed by atoms with Gasteiger partial charge in [0.2, 0.25) is 5.76 Å². The average Bonchev–Trinajstić information content (AvgIpc) is 3.26. The van der Waals surface area contributed by atoms with Gasteiger partial charge in [0.15, 0.2) is 0 Å². The van der Waals surface area contributed by atoms with Crippen molar-refractivity contribution < 1.29 is 28.3 Å². The maximum absolute atomic E-state index is 13.1. The summed E-state index contributed by atoms with van der Waals surface area (Å²) in [5.41, 5.74) is 2.25. The largest absolute Gasteiger partial charge is 0.460 e. The summed E-state index contributed by atoms with van der Waals surface area (Å²) in [6.45, 7) is 2.06. The molecule has 178 valence electrons. The molecule has 1 amide bonds. The number of esters is 2. The van der Waals surface area contributed by atoms with E-state index in [1.54, 1.807) is 67.4 Å². The first kappa shape index (κ1) is 23.8. The van der Waals surface area contributed by atoms with Gasteiger partial charge in [0, 0.05) is 19.0 Å². The molecule has 0 saturated carbocycles. The van der Waals surface area contributed by atoms with Crippen LogP contribution in [-0.4, -0.2) is 36.4 Å². The van der Waals surface area contributed by atoms with Gasteiger partial charge in [0.05, 0.1) is 23.3 Å². The maximum atomic E-state index is 13.1. The van der Waals surface area contributed by atoms with E-state index in [0.29, 0.717) is 23.1 Å². The molecule has 7 heteroatoms. The van der Waals surface area contributed by atoms with Crippen LogP contribution >= 0.6 is 0 Å². The molecule has 0 unspecified atom stereocenters. The summed E-state index contributed by atoms with van der Waals surface area (Å²) in [7, 11) is 1.68. The number of hydrogen-bond donors (Lipinski definition) is 0. The second-order valence-corrected chi connectivity index (χ2v) is 7.89. The van der Waals surface area contributed by atoms with Crippen molar-refractivity contribution in [2.45, 2.75) is 20.1 Å². The minimum atomic E-state index is -0.679. The van der Waals surface area contributed by atoms with Crippen LogP contribution in [0.3, 0.4) is 0 Å². The Morgan fingerprint density at radius 3 is 2.20 bits per heavy atom. The molecule has 35 heavy (non-hydrogen) atoms. The second kappa shape index (κ2) is 10.7. The Kier molecular flexibility index (Phi) is 7.26. The van der Waals surface area contributed by atoms with Crippen LogP contribution in [0.15, 0.2) is 83.3 Å². The fourth-order valence-corrected chi connectivity index (χ4v) is 3.80. The van der Waals surface area contributed by atoms with Crippen molar-refractivity contribution in [1.82, 2.24) is 4.90 Å². The molecule has 0 fully saturated rings. The van der Waals surface area contributed by atoms with Crippen LogP contribution in [0.2, 0.25) is 0 Å². The predicted octanol–water partition coefficient (Wildman–Crippen LogP) is 5.24. The summed E-state index contributed by atoms with van der Waals surface area (Å²) in [5, 5.41) is 0.648. The van der Waals surface area contributed by atoms with E-state index >= 15 is 0 Å². The molecule has 0 atom stereocenters. The fourth-order valence-electron chi connectivity index (χ4n) is 3.80.